The number of nitrogens with zero attached hydrogens (tertiary/aromatic N) is 1. The average molecular weight is 294 g/mol. The summed E-state index contributed by atoms with van der Waals surface area (Å²) in [4.78, 5) is 27.2. The van der Waals surface area contributed by atoms with Gasteiger partial charge in [-0.3, -0.25) is 9.59 Å². The SMILES string of the molecule is CNc1nc(C(N)=O)c(NC(=O)c2cccc(F)c2)s1. The van der Waals surface area contributed by atoms with E-state index in [2.05, 4.69) is 15.6 Å². The monoisotopic (exact) mass is 294 g/mol. The molecule has 0 saturated heterocycles. The summed E-state index contributed by atoms with van der Waals surface area (Å²) in [5.41, 5.74) is 5.29. The van der Waals surface area contributed by atoms with E-state index in [1.54, 1.807) is 7.05 Å². The van der Waals surface area contributed by atoms with Crippen molar-refractivity contribution in [2.24, 2.45) is 5.73 Å². The molecule has 0 bridgehead atoms. The van der Waals surface area contributed by atoms with Crippen LogP contribution in [0.5, 0.6) is 0 Å². The number of nitrogens with two attached hydrogens (primary N) is 1. The van der Waals surface area contributed by atoms with Gasteiger partial charge in [-0.05, 0) is 18.2 Å². The van der Waals surface area contributed by atoms with E-state index in [4.69, 9.17) is 5.73 Å². The predicted octanol–water partition coefficient (Wildman–Crippen LogP) is 1.68. The largest absolute Gasteiger partial charge is 0.365 e. The van der Waals surface area contributed by atoms with Crippen LogP contribution in [0.3, 0.4) is 0 Å². The van der Waals surface area contributed by atoms with Gasteiger partial charge in [-0.15, -0.1) is 0 Å². The summed E-state index contributed by atoms with van der Waals surface area (Å²) in [6.45, 7) is 0. The highest BCUT2D eigenvalue weighted by atomic mass is 32.1. The lowest BCUT2D eigenvalue weighted by molar-refractivity contribution is 0.0997. The van der Waals surface area contributed by atoms with Crippen LogP contribution in [-0.4, -0.2) is 23.8 Å². The van der Waals surface area contributed by atoms with Crippen LogP contribution >= 0.6 is 11.3 Å². The molecule has 0 aliphatic carbocycles. The van der Waals surface area contributed by atoms with Gasteiger partial charge in [0.05, 0.1) is 0 Å². The smallest absolute Gasteiger partial charge is 0.270 e. The zero-order valence-corrected chi connectivity index (χ0v) is 11.3. The van der Waals surface area contributed by atoms with Crippen LogP contribution in [0.4, 0.5) is 14.5 Å². The van der Waals surface area contributed by atoms with Gasteiger partial charge < -0.3 is 16.4 Å². The number of thiazole rings is 1. The third-order valence-corrected chi connectivity index (χ3v) is 3.38. The van der Waals surface area contributed by atoms with Crippen molar-refractivity contribution in [3.05, 3.63) is 41.3 Å². The second-order valence-electron chi connectivity index (χ2n) is 3.78. The maximum absolute atomic E-state index is 13.1. The van der Waals surface area contributed by atoms with Crippen LogP contribution < -0.4 is 16.4 Å². The quantitative estimate of drug-likeness (QED) is 0.799. The molecule has 2 rings (SSSR count). The van der Waals surface area contributed by atoms with Crippen LogP contribution in [0, 0.1) is 5.82 Å². The summed E-state index contributed by atoms with van der Waals surface area (Å²) in [7, 11) is 1.63. The number of hydrogen-bond acceptors (Lipinski definition) is 5. The Bertz CT molecular complexity index is 671. The highest BCUT2D eigenvalue weighted by molar-refractivity contribution is 7.20. The van der Waals surface area contributed by atoms with Crippen LogP contribution in [0.2, 0.25) is 0 Å². The Labute approximate surface area is 117 Å². The molecule has 0 fully saturated rings. The topological polar surface area (TPSA) is 97.1 Å². The zero-order chi connectivity index (χ0) is 14.7. The molecule has 8 heteroatoms. The van der Waals surface area contributed by atoms with Crippen LogP contribution in [0.25, 0.3) is 0 Å². The number of benzene rings is 1. The summed E-state index contributed by atoms with van der Waals surface area (Å²) in [5, 5.41) is 5.91. The Morgan fingerprint density at radius 2 is 2.15 bits per heavy atom. The molecule has 6 nitrogen and oxygen atoms in total. The maximum atomic E-state index is 13.1. The number of rotatable bonds is 4. The highest BCUT2D eigenvalue weighted by Gasteiger charge is 2.18. The van der Waals surface area contributed by atoms with E-state index in [0.29, 0.717) is 5.13 Å². The van der Waals surface area contributed by atoms with E-state index in [1.165, 1.54) is 18.2 Å². The van der Waals surface area contributed by atoms with Gasteiger partial charge in [0.1, 0.15) is 10.8 Å². The van der Waals surface area contributed by atoms with Gasteiger partial charge in [-0.25, -0.2) is 9.37 Å². The third kappa shape index (κ3) is 2.91. The lowest BCUT2D eigenvalue weighted by Gasteiger charge is -2.03. The molecule has 0 radical (unpaired) electrons. The number of amides is 2. The molecule has 104 valence electrons. The summed E-state index contributed by atoms with van der Waals surface area (Å²) in [5.74, 6) is -1.82. The summed E-state index contributed by atoms with van der Waals surface area (Å²) < 4.78 is 13.1. The Morgan fingerprint density at radius 1 is 1.40 bits per heavy atom. The average Bonchev–Trinajstić information content (AvgIpc) is 2.82. The molecule has 0 aliphatic heterocycles. The van der Waals surface area contributed by atoms with Gasteiger partial charge >= 0.3 is 0 Å². The van der Waals surface area contributed by atoms with Crippen LogP contribution in [-0.2, 0) is 0 Å². The van der Waals surface area contributed by atoms with E-state index in [1.807, 2.05) is 0 Å². The van der Waals surface area contributed by atoms with E-state index in [-0.39, 0.29) is 16.3 Å². The number of aromatic nitrogens is 1. The molecular weight excluding hydrogens is 283 g/mol. The molecule has 2 amide bonds. The maximum Gasteiger partial charge on any atom is 0.270 e. The van der Waals surface area contributed by atoms with Gasteiger partial charge in [0.2, 0.25) is 0 Å². The molecule has 4 N–H and O–H groups in total. The van der Waals surface area contributed by atoms with Crippen LogP contribution in [0.15, 0.2) is 24.3 Å². The molecule has 1 heterocycles. The van der Waals surface area contributed by atoms with Crippen molar-refractivity contribution in [2.45, 2.75) is 0 Å². The molecule has 0 unspecified atom stereocenters. The number of nitrogens with one attached hydrogen (secondary N) is 2. The fraction of sp³-hybridized carbons (Fsp3) is 0.0833. The van der Waals surface area contributed by atoms with E-state index in [9.17, 15) is 14.0 Å². The van der Waals surface area contributed by atoms with Crippen molar-refractivity contribution in [2.75, 3.05) is 17.7 Å². The second-order valence-corrected chi connectivity index (χ2v) is 4.77. The number of anilines is 2. The summed E-state index contributed by atoms with van der Waals surface area (Å²) in [6, 6.07) is 5.21. The van der Waals surface area contributed by atoms with Crippen molar-refractivity contribution >= 4 is 33.3 Å². The fourth-order valence-electron chi connectivity index (χ4n) is 1.48. The van der Waals surface area contributed by atoms with Gasteiger partial charge in [0.15, 0.2) is 10.8 Å². The van der Waals surface area contributed by atoms with Crippen molar-refractivity contribution in [3.63, 3.8) is 0 Å². The number of hydrogen-bond donors (Lipinski definition) is 3. The molecule has 20 heavy (non-hydrogen) atoms. The summed E-state index contributed by atoms with van der Waals surface area (Å²) in [6.07, 6.45) is 0. The van der Waals surface area contributed by atoms with Crippen molar-refractivity contribution in [1.82, 2.24) is 4.98 Å². The van der Waals surface area contributed by atoms with Crippen molar-refractivity contribution in [1.29, 1.82) is 0 Å². The minimum atomic E-state index is -0.753. The minimum Gasteiger partial charge on any atom is -0.365 e. The lowest BCUT2D eigenvalue weighted by Crippen LogP contribution is -2.17. The van der Waals surface area contributed by atoms with E-state index < -0.39 is 17.6 Å². The standard InChI is InChI=1S/C12H11FN4O2S/c1-15-12-16-8(9(14)18)11(20-12)17-10(19)6-3-2-4-7(13)5-6/h2-5H,1H3,(H2,14,18)(H,15,16)(H,17,19). The molecule has 2 aromatic rings. The van der Waals surface area contributed by atoms with E-state index >= 15 is 0 Å². The first-order valence-electron chi connectivity index (χ1n) is 5.56. The van der Waals surface area contributed by atoms with Gasteiger partial charge in [-0.2, -0.15) is 0 Å². The molecule has 0 saturated carbocycles. The van der Waals surface area contributed by atoms with E-state index in [0.717, 1.165) is 17.4 Å². The second kappa shape index (κ2) is 5.66. The third-order valence-electron chi connectivity index (χ3n) is 2.39. The Balaban J connectivity index is 2.27. The van der Waals surface area contributed by atoms with Gasteiger partial charge in [0.25, 0.3) is 11.8 Å². The highest BCUT2D eigenvalue weighted by Crippen LogP contribution is 2.28. The minimum absolute atomic E-state index is 0.0379. The summed E-state index contributed by atoms with van der Waals surface area (Å²) >= 11 is 1.07. The predicted molar refractivity (Wildman–Crippen MR) is 74.5 cm³/mol. The first kappa shape index (κ1) is 13.9. The van der Waals surface area contributed by atoms with Crippen molar-refractivity contribution in [3.8, 4) is 0 Å². The number of carbonyl (C=O) groups excluding carboxylic acids is 2. The Hall–Kier alpha value is -2.48. The van der Waals surface area contributed by atoms with Gasteiger partial charge in [-0.1, -0.05) is 17.4 Å². The molecule has 0 spiro atoms. The molecule has 1 aromatic carbocycles. The molecule has 1 aromatic heterocycles. The first-order chi connectivity index (χ1) is 9.51. The first-order valence-corrected chi connectivity index (χ1v) is 6.38. The molecule has 0 atom stereocenters. The zero-order valence-electron chi connectivity index (χ0n) is 10.4. The number of halogens is 1. The van der Waals surface area contributed by atoms with Gasteiger partial charge in [0, 0.05) is 12.6 Å². The number of primary amides is 1. The normalized spacial score (nSPS) is 10.1. The lowest BCUT2D eigenvalue weighted by atomic mass is 10.2. The molecule has 0 aliphatic rings. The molecular formula is C12H11FN4O2S. The van der Waals surface area contributed by atoms with Crippen LogP contribution in [0.1, 0.15) is 20.8 Å². The fourth-order valence-corrected chi connectivity index (χ4v) is 2.30. The Morgan fingerprint density at radius 3 is 2.75 bits per heavy atom. The number of carbonyl (C=O) groups is 2. The Kier molecular flexibility index (Phi) is 3.94. The van der Waals surface area contributed by atoms with Crippen molar-refractivity contribution < 1.29 is 14.0 Å².